The summed E-state index contributed by atoms with van der Waals surface area (Å²) in [4.78, 5) is 13.8. The summed E-state index contributed by atoms with van der Waals surface area (Å²) in [6.07, 6.45) is 5.00. The van der Waals surface area contributed by atoms with Gasteiger partial charge in [-0.25, -0.2) is 0 Å². The molecule has 1 rings (SSSR count). The Balaban J connectivity index is 2.01. The minimum atomic E-state index is 0.120. The van der Waals surface area contributed by atoms with Gasteiger partial charge in [-0.2, -0.15) is 0 Å². The fourth-order valence-electron chi connectivity index (χ4n) is 2.21. The van der Waals surface area contributed by atoms with Crippen LogP contribution in [0.4, 0.5) is 0 Å². The Bertz CT molecular complexity index is 223. The van der Waals surface area contributed by atoms with Gasteiger partial charge in [0.1, 0.15) is 0 Å². The van der Waals surface area contributed by atoms with E-state index < -0.39 is 0 Å². The smallest absolute Gasteiger partial charge is 0.220 e. The second kappa shape index (κ2) is 7.67. The first-order chi connectivity index (χ1) is 8.08. The van der Waals surface area contributed by atoms with Crippen molar-refractivity contribution in [2.75, 3.05) is 26.7 Å². The number of hydrogen-bond acceptors (Lipinski definition) is 3. The fourth-order valence-corrected chi connectivity index (χ4v) is 2.21. The first kappa shape index (κ1) is 14.5. The van der Waals surface area contributed by atoms with Gasteiger partial charge < -0.3 is 16.0 Å². The molecule has 0 aliphatic carbocycles. The quantitative estimate of drug-likeness (QED) is 0.728. The van der Waals surface area contributed by atoms with Crippen LogP contribution in [0.15, 0.2) is 0 Å². The number of piperidine rings is 1. The second-order valence-corrected chi connectivity index (χ2v) is 5.40. The molecular formula is C13H27N3O. The van der Waals surface area contributed by atoms with Gasteiger partial charge in [0.25, 0.3) is 0 Å². The van der Waals surface area contributed by atoms with Crippen LogP contribution in [0.1, 0.15) is 39.0 Å². The molecule has 1 aliphatic rings. The van der Waals surface area contributed by atoms with Crippen molar-refractivity contribution in [1.29, 1.82) is 0 Å². The van der Waals surface area contributed by atoms with E-state index in [0.717, 1.165) is 25.3 Å². The van der Waals surface area contributed by atoms with Crippen LogP contribution in [0.5, 0.6) is 0 Å². The lowest BCUT2D eigenvalue weighted by molar-refractivity contribution is -0.121. The zero-order valence-corrected chi connectivity index (χ0v) is 11.2. The average molecular weight is 241 g/mol. The molecule has 0 aromatic heterocycles. The highest BCUT2D eigenvalue weighted by atomic mass is 16.1. The SMILES string of the molecule is CC(N)CCC(=O)NCCC1CCN(C)CC1. The number of nitrogens with one attached hydrogen (secondary N) is 1. The molecule has 1 fully saturated rings. The van der Waals surface area contributed by atoms with Crippen molar-refractivity contribution in [2.45, 2.75) is 45.1 Å². The van der Waals surface area contributed by atoms with Crippen molar-refractivity contribution in [3.8, 4) is 0 Å². The van der Waals surface area contributed by atoms with Gasteiger partial charge >= 0.3 is 0 Å². The minimum absolute atomic E-state index is 0.120. The Labute approximate surface area is 105 Å². The molecule has 0 aromatic carbocycles. The third-order valence-electron chi connectivity index (χ3n) is 3.54. The molecule has 1 amide bonds. The standard InChI is InChI=1S/C13H27N3O/c1-11(14)3-4-13(17)15-8-5-12-6-9-16(2)10-7-12/h11-12H,3-10,14H2,1-2H3,(H,15,17). The van der Waals surface area contributed by atoms with Crippen molar-refractivity contribution >= 4 is 5.91 Å². The van der Waals surface area contributed by atoms with E-state index in [-0.39, 0.29) is 11.9 Å². The van der Waals surface area contributed by atoms with E-state index in [2.05, 4.69) is 17.3 Å². The molecule has 0 aromatic rings. The summed E-state index contributed by atoms with van der Waals surface area (Å²) in [5.74, 6) is 0.940. The maximum Gasteiger partial charge on any atom is 0.220 e. The van der Waals surface area contributed by atoms with Crippen molar-refractivity contribution in [3.63, 3.8) is 0 Å². The van der Waals surface area contributed by atoms with Gasteiger partial charge in [-0.05, 0) is 58.7 Å². The number of carbonyl (C=O) groups is 1. The van der Waals surface area contributed by atoms with Crippen LogP contribution in [0.25, 0.3) is 0 Å². The Morgan fingerprint density at radius 1 is 1.47 bits per heavy atom. The molecule has 1 heterocycles. The molecule has 100 valence electrons. The lowest BCUT2D eigenvalue weighted by Gasteiger charge is -2.28. The van der Waals surface area contributed by atoms with Crippen LogP contribution in [0.2, 0.25) is 0 Å². The first-order valence-electron chi connectivity index (χ1n) is 6.78. The van der Waals surface area contributed by atoms with E-state index in [4.69, 9.17) is 5.73 Å². The van der Waals surface area contributed by atoms with Crippen LogP contribution in [-0.4, -0.2) is 43.5 Å². The van der Waals surface area contributed by atoms with Gasteiger partial charge in [0.15, 0.2) is 0 Å². The highest BCUT2D eigenvalue weighted by Gasteiger charge is 2.16. The topological polar surface area (TPSA) is 58.4 Å². The Morgan fingerprint density at radius 2 is 2.12 bits per heavy atom. The normalized spacial score (nSPS) is 20.2. The zero-order chi connectivity index (χ0) is 12.7. The van der Waals surface area contributed by atoms with Crippen LogP contribution >= 0.6 is 0 Å². The number of likely N-dealkylation sites (tertiary alicyclic amines) is 1. The fraction of sp³-hybridized carbons (Fsp3) is 0.923. The van der Waals surface area contributed by atoms with Crippen molar-refractivity contribution in [3.05, 3.63) is 0 Å². The molecule has 1 saturated heterocycles. The van der Waals surface area contributed by atoms with Gasteiger partial charge in [0.2, 0.25) is 5.91 Å². The summed E-state index contributed by atoms with van der Waals surface area (Å²) in [6, 6.07) is 0.120. The molecule has 1 unspecified atom stereocenters. The van der Waals surface area contributed by atoms with Crippen molar-refractivity contribution in [1.82, 2.24) is 10.2 Å². The number of nitrogens with zero attached hydrogens (tertiary/aromatic N) is 1. The molecule has 3 N–H and O–H groups in total. The van der Waals surface area contributed by atoms with Gasteiger partial charge in [-0.15, -0.1) is 0 Å². The number of hydrogen-bond donors (Lipinski definition) is 2. The predicted molar refractivity (Wildman–Crippen MR) is 70.7 cm³/mol. The zero-order valence-electron chi connectivity index (χ0n) is 11.2. The molecule has 0 bridgehead atoms. The van der Waals surface area contributed by atoms with E-state index in [1.54, 1.807) is 0 Å². The lowest BCUT2D eigenvalue weighted by atomic mass is 9.94. The molecule has 17 heavy (non-hydrogen) atoms. The van der Waals surface area contributed by atoms with Crippen LogP contribution < -0.4 is 11.1 Å². The largest absolute Gasteiger partial charge is 0.356 e. The average Bonchev–Trinajstić information content (AvgIpc) is 2.29. The maximum atomic E-state index is 11.5. The lowest BCUT2D eigenvalue weighted by Crippen LogP contribution is -2.33. The first-order valence-corrected chi connectivity index (χ1v) is 6.78. The Kier molecular flexibility index (Phi) is 6.52. The Morgan fingerprint density at radius 3 is 2.71 bits per heavy atom. The highest BCUT2D eigenvalue weighted by Crippen LogP contribution is 2.18. The summed E-state index contributed by atoms with van der Waals surface area (Å²) in [5, 5.41) is 2.99. The van der Waals surface area contributed by atoms with E-state index in [1.807, 2.05) is 6.92 Å². The van der Waals surface area contributed by atoms with Crippen LogP contribution in [0, 0.1) is 5.92 Å². The summed E-state index contributed by atoms with van der Waals surface area (Å²) in [6.45, 7) is 5.16. The van der Waals surface area contributed by atoms with Gasteiger partial charge in [-0.3, -0.25) is 4.79 Å². The monoisotopic (exact) mass is 241 g/mol. The highest BCUT2D eigenvalue weighted by molar-refractivity contribution is 5.75. The number of rotatable bonds is 6. The van der Waals surface area contributed by atoms with E-state index in [9.17, 15) is 4.79 Å². The maximum absolute atomic E-state index is 11.5. The summed E-state index contributed by atoms with van der Waals surface area (Å²) < 4.78 is 0. The third-order valence-corrected chi connectivity index (χ3v) is 3.54. The van der Waals surface area contributed by atoms with E-state index in [0.29, 0.717) is 6.42 Å². The van der Waals surface area contributed by atoms with Crippen molar-refractivity contribution in [2.24, 2.45) is 11.7 Å². The number of carbonyl (C=O) groups excluding carboxylic acids is 1. The molecule has 0 saturated carbocycles. The van der Waals surface area contributed by atoms with Gasteiger partial charge in [0, 0.05) is 19.0 Å². The molecule has 1 aliphatic heterocycles. The molecule has 4 heteroatoms. The van der Waals surface area contributed by atoms with Crippen LogP contribution in [-0.2, 0) is 4.79 Å². The molecular weight excluding hydrogens is 214 g/mol. The van der Waals surface area contributed by atoms with E-state index >= 15 is 0 Å². The molecule has 0 spiro atoms. The number of nitrogens with two attached hydrogens (primary N) is 1. The third kappa shape index (κ3) is 6.64. The molecule has 1 atom stereocenters. The molecule has 0 radical (unpaired) electrons. The minimum Gasteiger partial charge on any atom is -0.356 e. The predicted octanol–water partition coefficient (Wildman–Crippen LogP) is 0.962. The van der Waals surface area contributed by atoms with Gasteiger partial charge in [-0.1, -0.05) is 0 Å². The summed E-state index contributed by atoms with van der Waals surface area (Å²) >= 11 is 0. The Hall–Kier alpha value is -0.610. The summed E-state index contributed by atoms with van der Waals surface area (Å²) in [5.41, 5.74) is 5.61. The summed E-state index contributed by atoms with van der Waals surface area (Å²) in [7, 11) is 2.17. The molecule has 4 nitrogen and oxygen atoms in total. The van der Waals surface area contributed by atoms with E-state index in [1.165, 1.54) is 25.9 Å². The number of amides is 1. The van der Waals surface area contributed by atoms with Gasteiger partial charge in [0.05, 0.1) is 0 Å². The van der Waals surface area contributed by atoms with Crippen LogP contribution in [0.3, 0.4) is 0 Å². The van der Waals surface area contributed by atoms with Crippen molar-refractivity contribution < 1.29 is 4.79 Å². The second-order valence-electron chi connectivity index (χ2n) is 5.40.